The highest BCUT2D eigenvalue weighted by Crippen LogP contribution is 2.34. The van der Waals surface area contributed by atoms with Crippen LogP contribution < -0.4 is 16.2 Å². The zero-order chi connectivity index (χ0) is 20.1. The van der Waals surface area contributed by atoms with Gasteiger partial charge >= 0.3 is 0 Å². The van der Waals surface area contributed by atoms with Crippen LogP contribution in [0.1, 0.15) is 18.4 Å². The Labute approximate surface area is 172 Å². The van der Waals surface area contributed by atoms with Crippen molar-refractivity contribution in [1.29, 1.82) is 0 Å². The molecule has 4 N–H and O–H groups in total. The van der Waals surface area contributed by atoms with Crippen LogP contribution in [-0.4, -0.2) is 45.9 Å². The number of rotatable bonds is 9. The fraction of sp³-hybridized carbons (Fsp3) is 0.389. The molecule has 0 amide bonds. The molecule has 3 aromatic rings. The molecule has 0 saturated carbocycles. The van der Waals surface area contributed by atoms with E-state index in [1.54, 1.807) is 25.6 Å². The molecule has 0 bridgehead atoms. The lowest BCUT2D eigenvalue weighted by Gasteiger charge is -2.16. The molecule has 3 rings (SSSR count). The van der Waals surface area contributed by atoms with E-state index in [0.29, 0.717) is 52.5 Å². The van der Waals surface area contributed by atoms with Gasteiger partial charge in [-0.05, 0) is 25.0 Å². The zero-order valence-electron chi connectivity index (χ0n) is 15.4. The number of nitrogens with two attached hydrogens (primary N) is 2. The molecule has 0 aliphatic carbocycles. The van der Waals surface area contributed by atoms with Crippen molar-refractivity contribution < 1.29 is 9.47 Å². The van der Waals surface area contributed by atoms with Crippen LogP contribution in [0.5, 0.6) is 5.75 Å². The van der Waals surface area contributed by atoms with Crippen LogP contribution in [0, 0.1) is 0 Å². The van der Waals surface area contributed by atoms with E-state index < -0.39 is 0 Å². The number of imidazole rings is 1. The summed E-state index contributed by atoms with van der Waals surface area (Å²) >= 11 is 12.7. The zero-order valence-corrected chi connectivity index (χ0v) is 17.0. The number of fused-ring (bicyclic) bond motifs is 1. The normalized spacial score (nSPS) is 12.4. The first-order valence-electron chi connectivity index (χ1n) is 8.76. The highest BCUT2D eigenvalue weighted by molar-refractivity contribution is 6.42. The third-order valence-corrected chi connectivity index (χ3v) is 5.11. The van der Waals surface area contributed by atoms with Gasteiger partial charge in [-0.25, -0.2) is 15.0 Å². The number of methoxy groups -OCH3 is 1. The number of anilines is 1. The summed E-state index contributed by atoms with van der Waals surface area (Å²) in [5.41, 5.74) is 13.7. The van der Waals surface area contributed by atoms with Gasteiger partial charge in [0.1, 0.15) is 17.6 Å². The molecular formula is C18H22Cl2N6O2. The van der Waals surface area contributed by atoms with Crippen molar-refractivity contribution in [2.75, 3.05) is 26.1 Å². The lowest BCUT2D eigenvalue weighted by Crippen LogP contribution is -2.26. The Balaban J connectivity index is 1.78. The Bertz CT molecular complexity index is 949. The Morgan fingerprint density at radius 2 is 2.04 bits per heavy atom. The van der Waals surface area contributed by atoms with Gasteiger partial charge in [0, 0.05) is 18.7 Å². The molecule has 0 saturated heterocycles. The number of hydrogen-bond donors (Lipinski definition) is 2. The lowest BCUT2D eigenvalue weighted by molar-refractivity contribution is 0.172. The van der Waals surface area contributed by atoms with Gasteiger partial charge in [-0.2, -0.15) is 0 Å². The van der Waals surface area contributed by atoms with Crippen LogP contribution in [-0.2, 0) is 11.3 Å². The Kier molecular flexibility index (Phi) is 6.90. The molecule has 0 spiro atoms. The maximum Gasteiger partial charge on any atom is 0.165 e. The fourth-order valence-corrected chi connectivity index (χ4v) is 3.26. The van der Waals surface area contributed by atoms with Crippen LogP contribution in [0.2, 0.25) is 10.0 Å². The van der Waals surface area contributed by atoms with E-state index in [2.05, 4.69) is 15.0 Å². The van der Waals surface area contributed by atoms with E-state index in [-0.39, 0.29) is 6.04 Å². The summed E-state index contributed by atoms with van der Waals surface area (Å²) in [6, 6.07) is 3.51. The second-order valence-corrected chi connectivity index (χ2v) is 7.13. The van der Waals surface area contributed by atoms with Gasteiger partial charge < -0.3 is 25.5 Å². The van der Waals surface area contributed by atoms with Crippen molar-refractivity contribution in [2.45, 2.75) is 25.4 Å². The van der Waals surface area contributed by atoms with E-state index in [9.17, 15) is 0 Å². The maximum atomic E-state index is 6.46. The molecule has 10 heteroatoms. The van der Waals surface area contributed by atoms with Gasteiger partial charge in [-0.3, -0.25) is 0 Å². The molecule has 0 aliphatic heterocycles. The van der Waals surface area contributed by atoms with E-state index in [1.807, 2.05) is 4.57 Å². The Morgan fingerprint density at radius 1 is 1.21 bits per heavy atom. The molecule has 28 heavy (non-hydrogen) atoms. The second-order valence-electron chi connectivity index (χ2n) is 6.35. The van der Waals surface area contributed by atoms with Crippen molar-refractivity contribution >= 4 is 40.2 Å². The number of aromatic nitrogens is 4. The van der Waals surface area contributed by atoms with Crippen LogP contribution in [0.25, 0.3) is 11.2 Å². The number of hydrogen-bond acceptors (Lipinski definition) is 7. The maximum absolute atomic E-state index is 6.46. The average molecular weight is 425 g/mol. The standard InChI is InChI=1S/C18H22Cl2N6O2/c1-27-8-11(21)3-2-6-28-14-5-4-13(19)15(20)12(14)7-26-10-25-16-17(22)23-9-24-18(16)26/h4-5,9-11H,2-3,6-8,21H2,1H3,(H2,22,23,24)/t11-/m1/s1. The number of nitrogens with zero attached hydrogens (tertiary/aromatic N) is 4. The molecule has 8 nitrogen and oxygen atoms in total. The molecule has 1 atom stereocenters. The van der Waals surface area contributed by atoms with E-state index in [1.165, 1.54) is 6.33 Å². The van der Waals surface area contributed by atoms with Crippen molar-refractivity contribution in [1.82, 2.24) is 19.5 Å². The topological polar surface area (TPSA) is 114 Å². The Hall–Kier alpha value is -2.13. The molecule has 0 radical (unpaired) electrons. The van der Waals surface area contributed by atoms with E-state index >= 15 is 0 Å². The summed E-state index contributed by atoms with van der Waals surface area (Å²) in [6.07, 6.45) is 4.63. The molecule has 0 fully saturated rings. The SMILES string of the molecule is COC[C@H](N)CCCOc1ccc(Cl)c(Cl)c1Cn1cnc2c(N)ncnc21. The summed E-state index contributed by atoms with van der Waals surface area (Å²) in [4.78, 5) is 12.5. The number of benzene rings is 1. The predicted molar refractivity (Wildman–Crippen MR) is 110 cm³/mol. The lowest BCUT2D eigenvalue weighted by atomic mass is 10.1. The monoisotopic (exact) mass is 424 g/mol. The van der Waals surface area contributed by atoms with Gasteiger partial charge in [0.25, 0.3) is 0 Å². The van der Waals surface area contributed by atoms with Crippen LogP contribution in [0.3, 0.4) is 0 Å². The first-order valence-corrected chi connectivity index (χ1v) is 9.52. The first kappa shape index (κ1) is 20.6. The van der Waals surface area contributed by atoms with Crippen LogP contribution in [0.4, 0.5) is 5.82 Å². The fourth-order valence-electron chi connectivity index (χ4n) is 2.87. The van der Waals surface area contributed by atoms with Gasteiger partial charge in [-0.1, -0.05) is 23.2 Å². The highest BCUT2D eigenvalue weighted by atomic mass is 35.5. The summed E-state index contributed by atoms with van der Waals surface area (Å²) in [7, 11) is 1.64. The molecular weight excluding hydrogens is 403 g/mol. The molecule has 0 unspecified atom stereocenters. The highest BCUT2D eigenvalue weighted by Gasteiger charge is 2.16. The first-order chi connectivity index (χ1) is 13.5. The average Bonchev–Trinajstić information content (AvgIpc) is 3.08. The third-order valence-electron chi connectivity index (χ3n) is 4.27. The molecule has 1 aromatic carbocycles. The summed E-state index contributed by atoms with van der Waals surface area (Å²) in [5, 5.41) is 0.879. The quantitative estimate of drug-likeness (QED) is 0.507. The largest absolute Gasteiger partial charge is 0.493 e. The minimum Gasteiger partial charge on any atom is -0.493 e. The van der Waals surface area contributed by atoms with Crippen LogP contribution >= 0.6 is 23.2 Å². The van der Waals surface area contributed by atoms with Gasteiger partial charge in [-0.15, -0.1) is 0 Å². The van der Waals surface area contributed by atoms with Crippen molar-refractivity contribution in [3.8, 4) is 5.75 Å². The second kappa shape index (κ2) is 9.38. The van der Waals surface area contributed by atoms with Crippen molar-refractivity contribution in [3.05, 3.63) is 40.4 Å². The van der Waals surface area contributed by atoms with E-state index in [0.717, 1.165) is 18.4 Å². The predicted octanol–water partition coefficient (Wildman–Crippen LogP) is 2.90. The van der Waals surface area contributed by atoms with Crippen molar-refractivity contribution in [3.63, 3.8) is 0 Å². The smallest absolute Gasteiger partial charge is 0.165 e. The van der Waals surface area contributed by atoms with E-state index in [4.69, 9.17) is 44.1 Å². The van der Waals surface area contributed by atoms with Gasteiger partial charge in [0.05, 0.1) is 36.1 Å². The number of halogens is 2. The van der Waals surface area contributed by atoms with Crippen LogP contribution in [0.15, 0.2) is 24.8 Å². The molecule has 2 aromatic heterocycles. The molecule has 0 aliphatic rings. The summed E-state index contributed by atoms with van der Waals surface area (Å²) in [6.45, 7) is 1.41. The number of nitrogen functional groups attached to an aromatic ring is 1. The van der Waals surface area contributed by atoms with Gasteiger partial charge in [0.15, 0.2) is 11.5 Å². The Morgan fingerprint density at radius 3 is 2.82 bits per heavy atom. The minimum atomic E-state index is -0.00988. The minimum absolute atomic E-state index is 0.00988. The number of ether oxygens (including phenoxy) is 2. The summed E-state index contributed by atoms with van der Waals surface area (Å²) in [5.74, 6) is 0.975. The van der Waals surface area contributed by atoms with Gasteiger partial charge in [0.2, 0.25) is 0 Å². The molecule has 150 valence electrons. The summed E-state index contributed by atoms with van der Waals surface area (Å²) < 4.78 is 12.8. The molecule has 2 heterocycles. The third kappa shape index (κ3) is 4.64. The van der Waals surface area contributed by atoms with Crippen molar-refractivity contribution in [2.24, 2.45) is 5.73 Å².